The van der Waals surface area contributed by atoms with Gasteiger partial charge in [-0.05, 0) is 32.6 Å². The van der Waals surface area contributed by atoms with Crippen molar-refractivity contribution in [3.05, 3.63) is 19.6 Å². The number of allylic oxidation sites excluding steroid dienone is 1. The minimum atomic E-state index is -0.175. The van der Waals surface area contributed by atoms with Gasteiger partial charge in [-0.3, -0.25) is 4.79 Å². The zero-order valence-electron chi connectivity index (χ0n) is 7.50. The summed E-state index contributed by atoms with van der Waals surface area (Å²) in [6.07, 6.45) is 7.05. The number of hydrogen-bond acceptors (Lipinski definition) is 2. The maximum Gasteiger partial charge on any atom is 0.293 e. The zero-order chi connectivity index (χ0) is 9.23. The first-order chi connectivity index (χ1) is 5.81. The second-order valence-electron chi connectivity index (χ2n) is 2.78. The van der Waals surface area contributed by atoms with Crippen molar-refractivity contribution in [2.45, 2.75) is 38.2 Å². The molecule has 0 aliphatic carbocycles. The number of rotatable bonds is 8. The molecule has 0 N–H and O–H groups in total. The monoisotopic (exact) mass is 169 g/mol. The van der Waals surface area contributed by atoms with E-state index in [1.165, 1.54) is 0 Å². The Morgan fingerprint density at radius 3 is 2.67 bits per heavy atom. The third kappa shape index (κ3) is 7.32. The Kier molecular flexibility index (Phi) is 7.76. The highest BCUT2D eigenvalue weighted by atomic mass is 16.5. The molecule has 0 spiro atoms. The minimum Gasteiger partial charge on any atom is -0.465 e. The fourth-order valence-corrected chi connectivity index (χ4v) is 0.984. The number of carbonyl (C=O) groups is 1. The van der Waals surface area contributed by atoms with Crippen LogP contribution in [-0.2, 0) is 9.53 Å². The van der Waals surface area contributed by atoms with Crippen molar-refractivity contribution in [1.82, 2.24) is 0 Å². The van der Waals surface area contributed by atoms with Crippen molar-refractivity contribution in [3.63, 3.8) is 0 Å². The van der Waals surface area contributed by atoms with Gasteiger partial charge in [0.2, 0.25) is 0 Å². The summed E-state index contributed by atoms with van der Waals surface area (Å²) >= 11 is 0. The van der Waals surface area contributed by atoms with Crippen LogP contribution in [0.3, 0.4) is 0 Å². The van der Waals surface area contributed by atoms with E-state index in [4.69, 9.17) is 0 Å². The first-order valence-corrected chi connectivity index (χ1v) is 4.34. The third-order valence-corrected chi connectivity index (χ3v) is 1.68. The van der Waals surface area contributed by atoms with Gasteiger partial charge >= 0.3 is 0 Å². The Morgan fingerprint density at radius 2 is 2.08 bits per heavy atom. The molecule has 0 aliphatic rings. The number of ether oxygens (including phenoxy) is 1. The van der Waals surface area contributed by atoms with Gasteiger partial charge in [-0.2, -0.15) is 0 Å². The summed E-state index contributed by atoms with van der Waals surface area (Å²) in [5.74, 6) is 0. The molecule has 0 aromatic heterocycles. The summed E-state index contributed by atoms with van der Waals surface area (Å²) in [7, 11) is 0. The van der Waals surface area contributed by atoms with Crippen LogP contribution in [0.4, 0.5) is 0 Å². The average molecular weight is 169 g/mol. The number of hydrogen-bond donors (Lipinski definition) is 0. The quantitative estimate of drug-likeness (QED) is 0.317. The second kappa shape index (κ2) is 8.31. The Labute approximate surface area is 74.6 Å². The highest BCUT2D eigenvalue weighted by Crippen LogP contribution is 2.06. The molecule has 1 atom stereocenters. The second-order valence-corrected chi connectivity index (χ2v) is 2.78. The van der Waals surface area contributed by atoms with E-state index in [9.17, 15) is 4.79 Å². The predicted octanol–water partition coefficient (Wildman–Crippen LogP) is 2.50. The van der Waals surface area contributed by atoms with Gasteiger partial charge in [0.15, 0.2) is 0 Å². The van der Waals surface area contributed by atoms with E-state index in [0.717, 1.165) is 32.1 Å². The molecule has 0 heterocycles. The van der Waals surface area contributed by atoms with Crippen molar-refractivity contribution in [3.8, 4) is 0 Å². The molecule has 0 aromatic carbocycles. The molecule has 0 unspecified atom stereocenters. The molecule has 0 rings (SSSR count). The summed E-state index contributed by atoms with van der Waals surface area (Å²) in [5.41, 5.74) is 0. The summed E-state index contributed by atoms with van der Waals surface area (Å²) in [5, 5.41) is 0. The van der Waals surface area contributed by atoms with Crippen molar-refractivity contribution in [2.75, 3.05) is 0 Å². The smallest absolute Gasteiger partial charge is 0.293 e. The molecule has 12 heavy (non-hydrogen) atoms. The van der Waals surface area contributed by atoms with Crippen molar-refractivity contribution < 1.29 is 9.53 Å². The van der Waals surface area contributed by atoms with Crippen LogP contribution >= 0.6 is 0 Å². The van der Waals surface area contributed by atoms with Gasteiger partial charge in [-0.15, -0.1) is 6.58 Å². The molecule has 1 radical (unpaired) electrons. The molecule has 2 heteroatoms. The molecule has 0 aromatic rings. The van der Waals surface area contributed by atoms with Gasteiger partial charge in [-0.1, -0.05) is 12.5 Å². The third-order valence-electron chi connectivity index (χ3n) is 1.68. The Bertz CT molecular complexity index is 121. The molecular formula is C10H17O2. The van der Waals surface area contributed by atoms with Gasteiger partial charge in [0.25, 0.3) is 6.47 Å². The van der Waals surface area contributed by atoms with Crippen LogP contribution in [0.1, 0.15) is 32.1 Å². The van der Waals surface area contributed by atoms with Gasteiger partial charge in [-0.25, -0.2) is 0 Å². The molecule has 69 valence electrons. The van der Waals surface area contributed by atoms with Crippen molar-refractivity contribution in [1.29, 1.82) is 0 Å². The van der Waals surface area contributed by atoms with E-state index < -0.39 is 0 Å². The van der Waals surface area contributed by atoms with Crippen molar-refractivity contribution >= 4 is 6.47 Å². The Hall–Kier alpha value is -0.790. The lowest BCUT2D eigenvalue weighted by Crippen LogP contribution is -2.06. The van der Waals surface area contributed by atoms with E-state index in [2.05, 4.69) is 18.2 Å². The van der Waals surface area contributed by atoms with E-state index in [-0.39, 0.29) is 6.10 Å². The lowest BCUT2D eigenvalue weighted by atomic mass is 10.1. The van der Waals surface area contributed by atoms with E-state index in [1.807, 2.05) is 6.08 Å². The van der Waals surface area contributed by atoms with Crippen LogP contribution in [0.2, 0.25) is 0 Å². The van der Waals surface area contributed by atoms with Gasteiger partial charge < -0.3 is 4.74 Å². The first-order valence-electron chi connectivity index (χ1n) is 4.34. The van der Waals surface area contributed by atoms with Crippen LogP contribution in [-0.4, -0.2) is 12.6 Å². The van der Waals surface area contributed by atoms with Gasteiger partial charge in [0, 0.05) is 0 Å². The fourth-order valence-electron chi connectivity index (χ4n) is 0.984. The van der Waals surface area contributed by atoms with Crippen LogP contribution < -0.4 is 0 Å². The average Bonchev–Trinajstić information content (AvgIpc) is 2.05. The van der Waals surface area contributed by atoms with Crippen molar-refractivity contribution in [2.24, 2.45) is 0 Å². The summed E-state index contributed by atoms with van der Waals surface area (Å²) < 4.78 is 4.64. The summed E-state index contributed by atoms with van der Waals surface area (Å²) in [6, 6.07) is 0. The lowest BCUT2D eigenvalue weighted by Gasteiger charge is -2.07. The van der Waals surface area contributed by atoms with Crippen LogP contribution in [0.15, 0.2) is 12.7 Å². The topological polar surface area (TPSA) is 26.3 Å². The number of carbonyl (C=O) groups excluding carboxylic acids is 1. The highest BCUT2D eigenvalue weighted by Gasteiger charge is 1.99. The molecule has 0 saturated carbocycles. The van der Waals surface area contributed by atoms with E-state index >= 15 is 0 Å². The number of unbranched alkanes of at least 4 members (excludes halogenated alkanes) is 3. The normalized spacial score (nSPS) is 12.1. The molecule has 0 fully saturated rings. The molecule has 0 bridgehead atoms. The molecular weight excluding hydrogens is 152 g/mol. The zero-order valence-corrected chi connectivity index (χ0v) is 7.50. The van der Waals surface area contributed by atoms with Gasteiger partial charge in [0.05, 0.1) is 0 Å². The molecule has 2 nitrogen and oxygen atoms in total. The maximum absolute atomic E-state index is 9.87. The predicted molar refractivity (Wildman–Crippen MR) is 49.6 cm³/mol. The Morgan fingerprint density at radius 1 is 1.33 bits per heavy atom. The minimum absolute atomic E-state index is 0.175. The van der Waals surface area contributed by atoms with E-state index in [0.29, 0.717) is 6.47 Å². The summed E-state index contributed by atoms with van der Waals surface area (Å²) in [4.78, 5) is 9.87. The van der Waals surface area contributed by atoms with Crippen LogP contribution in [0, 0.1) is 6.92 Å². The fraction of sp³-hybridized carbons (Fsp3) is 0.600. The first kappa shape index (κ1) is 11.2. The largest absolute Gasteiger partial charge is 0.465 e. The Balaban J connectivity index is 3.07. The molecule has 0 amide bonds. The maximum atomic E-state index is 9.87. The molecule has 0 saturated heterocycles. The standard InChI is InChI=1S/C10H17O2/c1-3-4-5-6-7-8-10(2)12-9-11/h3,9-10H,1-2,4-8H2/t10-/m1/s1. The highest BCUT2D eigenvalue weighted by molar-refractivity contribution is 5.37. The van der Waals surface area contributed by atoms with Crippen LogP contribution in [0.5, 0.6) is 0 Å². The van der Waals surface area contributed by atoms with Gasteiger partial charge in [0.1, 0.15) is 6.10 Å². The van der Waals surface area contributed by atoms with Crippen LogP contribution in [0.25, 0.3) is 0 Å². The molecule has 0 aliphatic heterocycles. The summed E-state index contributed by atoms with van der Waals surface area (Å²) in [6.45, 7) is 7.77. The lowest BCUT2D eigenvalue weighted by molar-refractivity contribution is -0.131. The SMILES string of the molecule is [CH2][C@H](CCCCCC=C)OC=O. The van der Waals surface area contributed by atoms with E-state index in [1.54, 1.807) is 0 Å².